The highest BCUT2D eigenvalue weighted by molar-refractivity contribution is 9.08. The first-order valence-corrected chi connectivity index (χ1v) is 9.70. The van der Waals surface area contributed by atoms with Gasteiger partial charge in [-0.1, -0.05) is 29.8 Å². The van der Waals surface area contributed by atoms with Crippen molar-refractivity contribution in [3.63, 3.8) is 0 Å². The molecule has 0 amide bonds. The third-order valence-corrected chi connectivity index (χ3v) is 6.51. The van der Waals surface area contributed by atoms with Crippen LogP contribution in [0.2, 0.25) is 0 Å². The third-order valence-electron chi connectivity index (χ3n) is 6.01. The standard InChI is InChI=1S/C17H26BrN3/c1-11(2)10-21-15(9-18)19-20-16(21)17-6-12-3-13(7-17)5-14(4-12)8-17/h11-14H,3-10H2,1-2H3. The summed E-state index contributed by atoms with van der Waals surface area (Å²) in [7, 11) is 0. The first-order valence-electron chi connectivity index (χ1n) is 8.58. The molecule has 0 aliphatic heterocycles. The largest absolute Gasteiger partial charge is 0.314 e. The summed E-state index contributed by atoms with van der Waals surface area (Å²) in [6.45, 7) is 5.65. The van der Waals surface area contributed by atoms with E-state index >= 15 is 0 Å². The predicted molar refractivity (Wildman–Crippen MR) is 87.3 cm³/mol. The molecule has 1 heterocycles. The zero-order valence-corrected chi connectivity index (χ0v) is 14.8. The van der Waals surface area contributed by atoms with Crippen molar-refractivity contribution in [3.05, 3.63) is 11.6 Å². The van der Waals surface area contributed by atoms with E-state index in [1.165, 1.54) is 44.3 Å². The molecule has 4 heteroatoms. The topological polar surface area (TPSA) is 30.7 Å². The molecule has 4 aliphatic rings. The van der Waals surface area contributed by atoms with Gasteiger partial charge in [0.2, 0.25) is 0 Å². The Balaban J connectivity index is 1.74. The molecule has 0 radical (unpaired) electrons. The molecular weight excluding hydrogens is 326 g/mol. The molecule has 0 aromatic carbocycles. The number of hydrogen-bond donors (Lipinski definition) is 0. The van der Waals surface area contributed by atoms with Crippen molar-refractivity contribution in [1.29, 1.82) is 0 Å². The molecule has 4 saturated carbocycles. The van der Waals surface area contributed by atoms with Crippen LogP contribution in [0.3, 0.4) is 0 Å². The van der Waals surface area contributed by atoms with Gasteiger partial charge in [0.25, 0.3) is 0 Å². The van der Waals surface area contributed by atoms with Crippen LogP contribution in [0.25, 0.3) is 0 Å². The van der Waals surface area contributed by atoms with Gasteiger partial charge in [-0.05, 0) is 62.2 Å². The Bertz CT molecular complexity index is 499. The first kappa shape index (κ1) is 14.2. The average molecular weight is 352 g/mol. The summed E-state index contributed by atoms with van der Waals surface area (Å²) in [5.74, 6) is 5.99. The van der Waals surface area contributed by atoms with Gasteiger partial charge >= 0.3 is 0 Å². The highest BCUT2D eigenvalue weighted by atomic mass is 79.9. The minimum absolute atomic E-state index is 0.358. The fourth-order valence-corrected chi connectivity index (χ4v) is 6.18. The van der Waals surface area contributed by atoms with Crippen LogP contribution in [0.15, 0.2) is 0 Å². The first-order chi connectivity index (χ1) is 10.1. The third kappa shape index (κ3) is 2.29. The number of aromatic nitrogens is 3. The van der Waals surface area contributed by atoms with Crippen LogP contribution in [0.4, 0.5) is 0 Å². The summed E-state index contributed by atoms with van der Waals surface area (Å²) in [5.41, 5.74) is 0.358. The number of nitrogens with zero attached hydrogens (tertiary/aromatic N) is 3. The van der Waals surface area contributed by atoms with Gasteiger partial charge in [-0.3, -0.25) is 0 Å². The Labute approximate surface area is 136 Å². The number of rotatable bonds is 4. The van der Waals surface area contributed by atoms with Crippen molar-refractivity contribution in [2.45, 2.75) is 69.7 Å². The summed E-state index contributed by atoms with van der Waals surface area (Å²) in [4.78, 5) is 0. The van der Waals surface area contributed by atoms with E-state index in [1.807, 2.05) is 0 Å². The Morgan fingerprint density at radius 1 is 1.10 bits per heavy atom. The molecular formula is C17H26BrN3. The second-order valence-electron chi connectivity index (χ2n) is 8.28. The van der Waals surface area contributed by atoms with E-state index in [4.69, 9.17) is 5.10 Å². The second-order valence-corrected chi connectivity index (χ2v) is 8.84. The van der Waals surface area contributed by atoms with Crippen molar-refractivity contribution in [3.8, 4) is 0 Å². The summed E-state index contributed by atoms with van der Waals surface area (Å²) in [6.07, 6.45) is 8.58. The zero-order valence-electron chi connectivity index (χ0n) is 13.2. The summed E-state index contributed by atoms with van der Waals surface area (Å²) in [6, 6.07) is 0. The molecule has 4 aliphatic carbocycles. The summed E-state index contributed by atoms with van der Waals surface area (Å²) in [5, 5.41) is 10.0. The van der Waals surface area contributed by atoms with Gasteiger partial charge in [-0.15, -0.1) is 10.2 Å². The minimum atomic E-state index is 0.358. The van der Waals surface area contributed by atoms with E-state index in [9.17, 15) is 0 Å². The van der Waals surface area contributed by atoms with E-state index in [2.05, 4.69) is 39.4 Å². The Morgan fingerprint density at radius 2 is 1.67 bits per heavy atom. The molecule has 4 fully saturated rings. The maximum atomic E-state index is 4.71. The van der Waals surface area contributed by atoms with Crippen molar-refractivity contribution in [2.24, 2.45) is 23.7 Å². The predicted octanol–water partition coefficient (Wildman–Crippen LogP) is 4.30. The maximum absolute atomic E-state index is 4.71. The van der Waals surface area contributed by atoms with Crippen LogP contribution in [-0.2, 0) is 17.3 Å². The van der Waals surface area contributed by atoms with Gasteiger partial charge in [-0.2, -0.15) is 0 Å². The number of alkyl halides is 1. The smallest absolute Gasteiger partial charge is 0.143 e. The van der Waals surface area contributed by atoms with Crippen molar-refractivity contribution in [2.75, 3.05) is 0 Å². The van der Waals surface area contributed by atoms with Crippen LogP contribution in [0.5, 0.6) is 0 Å². The molecule has 1 aromatic heterocycles. The molecule has 21 heavy (non-hydrogen) atoms. The maximum Gasteiger partial charge on any atom is 0.143 e. The molecule has 0 spiro atoms. The van der Waals surface area contributed by atoms with Crippen molar-refractivity contribution in [1.82, 2.24) is 14.8 Å². The lowest BCUT2D eigenvalue weighted by molar-refractivity contribution is -0.0114. The fourth-order valence-electron chi connectivity index (χ4n) is 5.77. The molecule has 3 nitrogen and oxygen atoms in total. The van der Waals surface area contributed by atoms with Crippen LogP contribution >= 0.6 is 15.9 Å². The molecule has 4 bridgehead atoms. The van der Waals surface area contributed by atoms with E-state index in [-0.39, 0.29) is 0 Å². The van der Waals surface area contributed by atoms with Gasteiger partial charge in [0, 0.05) is 12.0 Å². The Kier molecular flexibility index (Phi) is 3.44. The van der Waals surface area contributed by atoms with E-state index in [0.717, 1.165) is 35.5 Å². The van der Waals surface area contributed by atoms with Gasteiger partial charge in [0.15, 0.2) is 0 Å². The normalized spacial score (nSPS) is 37.6. The van der Waals surface area contributed by atoms with Crippen LogP contribution in [-0.4, -0.2) is 14.8 Å². The van der Waals surface area contributed by atoms with Gasteiger partial charge < -0.3 is 4.57 Å². The fraction of sp³-hybridized carbons (Fsp3) is 0.882. The number of halogens is 1. The lowest BCUT2D eigenvalue weighted by Gasteiger charge is -2.56. The highest BCUT2D eigenvalue weighted by Crippen LogP contribution is 2.60. The Hall–Kier alpha value is -0.380. The molecule has 0 saturated heterocycles. The molecule has 116 valence electrons. The minimum Gasteiger partial charge on any atom is -0.314 e. The quantitative estimate of drug-likeness (QED) is 0.757. The monoisotopic (exact) mass is 351 g/mol. The summed E-state index contributed by atoms with van der Waals surface area (Å²) >= 11 is 3.60. The van der Waals surface area contributed by atoms with Gasteiger partial charge in [0.1, 0.15) is 11.6 Å². The van der Waals surface area contributed by atoms with Crippen LogP contribution in [0, 0.1) is 23.7 Å². The van der Waals surface area contributed by atoms with Crippen molar-refractivity contribution >= 4 is 15.9 Å². The summed E-state index contributed by atoms with van der Waals surface area (Å²) < 4.78 is 2.45. The SMILES string of the molecule is CC(C)Cn1c(CBr)nnc1C12CC3CC(CC(C3)C1)C2. The second kappa shape index (κ2) is 5.07. The molecule has 5 rings (SSSR count). The molecule has 0 atom stereocenters. The van der Waals surface area contributed by atoms with Gasteiger partial charge in [0.05, 0.1) is 5.33 Å². The van der Waals surface area contributed by atoms with Crippen LogP contribution < -0.4 is 0 Å². The van der Waals surface area contributed by atoms with Gasteiger partial charge in [-0.25, -0.2) is 0 Å². The highest BCUT2D eigenvalue weighted by Gasteiger charge is 2.53. The van der Waals surface area contributed by atoms with Crippen molar-refractivity contribution < 1.29 is 0 Å². The van der Waals surface area contributed by atoms with E-state index in [0.29, 0.717) is 11.3 Å². The van der Waals surface area contributed by atoms with E-state index in [1.54, 1.807) is 0 Å². The molecule has 0 unspecified atom stereocenters. The Morgan fingerprint density at radius 3 is 2.14 bits per heavy atom. The number of hydrogen-bond acceptors (Lipinski definition) is 2. The van der Waals surface area contributed by atoms with Crippen LogP contribution in [0.1, 0.15) is 64.0 Å². The molecule has 0 N–H and O–H groups in total. The molecule has 1 aromatic rings. The lowest BCUT2D eigenvalue weighted by atomic mass is 9.49. The zero-order chi connectivity index (χ0) is 14.6. The average Bonchev–Trinajstić information content (AvgIpc) is 2.79. The lowest BCUT2D eigenvalue weighted by Crippen LogP contribution is -2.50. The van der Waals surface area contributed by atoms with E-state index < -0.39 is 0 Å².